The normalized spacial score (nSPS) is 27.8. The standard InChI is InChI=1S/C9H13N3O5.CH3NO2/c10-5-1-2-12(9(16)11-5)8-7(15)6(14)4(3-13)17-8;2-1(3)4/h1-2,4,6-8,13-15H,3H2,(H2,10,11,16);2H2,(H,3,4)/p-1/t4-,6-,7+,8-;/m1./s1. The van der Waals surface area contributed by atoms with Crippen molar-refractivity contribution >= 4 is 11.9 Å². The highest BCUT2D eigenvalue weighted by Gasteiger charge is 2.43. The highest BCUT2D eigenvalue weighted by Crippen LogP contribution is 2.27. The molecule has 1 aromatic rings. The number of nitrogen functional groups attached to an aromatic ring is 1. The van der Waals surface area contributed by atoms with Gasteiger partial charge in [0.2, 0.25) is 0 Å². The van der Waals surface area contributed by atoms with Gasteiger partial charge in [0.15, 0.2) is 6.23 Å². The van der Waals surface area contributed by atoms with Crippen LogP contribution in [0, 0.1) is 0 Å². The smallest absolute Gasteiger partial charge is 0.351 e. The summed E-state index contributed by atoms with van der Waals surface area (Å²) in [5.74, 6) is 0.0537. The Morgan fingerprint density at radius 2 is 2.05 bits per heavy atom. The van der Waals surface area contributed by atoms with Crippen molar-refractivity contribution in [2.75, 3.05) is 12.3 Å². The zero-order chi connectivity index (χ0) is 16.2. The van der Waals surface area contributed by atoms with E-state index in [9.17, 15) is 15.0 Å². The summed E-state index contributed by atoms with van der Waals surface area (Å²) in [4.78, 5) is 23.7. The molecule has 1 aliphatic rings. The number of aromatic nitrogens is 2. The third kappa shape index (κ3) is 4.13. The number of aliphatic hydroxyl groups excluding tert-OH is 3. The summed E-state index contributed by atoms with van der Waals surface area (Å²) in [6.07, 6.45) is -4.85. The van der Waals surface area contributed by atoms with Crippen LogP contribution in [0.15, 0.2) is 17.1 Å². The molecule has 1 saturated heterocycles. The first-order valence-corrected chi connectivity index (χ1v) is 5.71. The molecule has 21 heavy (non-hydrogen) atoms. The minimum atomic E-state index is -1.58. The molecule has 0 aliphatic carbocycles. The lowest BCUT2D eigenvalue weighted by atomic mass is 10.1. The van der Waals surface area contributed by atoms with Crippen LogP contribution in [0.1, 0.15) is 6.23 Å². The van der Waals surface area contributed by atoms with E-state index in [0.717, 1.165) is 4.57 Å². The Balaban J connectivity index is 0.000000491. The molecular formula is C10H15N4O7-. The summed E-state index contributed by atoms with van der Waals surface area (Å²) in [6.45, 7) is -0.453. The predicted octanol–water partition coefficient (Wildman–Crippen LogP) is -4.27. The molecule has 4 atom stereocenters. The molecule has 7 N–H and O–H groups in total. The summed E-state index contributed by atoms with van der Waals surface area (Å²) in [6, 6.07) is 1.37. The third-order valence-electron chi connectivity index (χ3n) is 2.64. The zero-order valence-corrected chi connectivity index (χ0v) is 10.7. The van der Waals surface area contributed by atoms with Gasteiger partial charge in [0.05, 0.1) is 6.61 Å². The highest BCUT2D eigenvalue weighted by molar-refractivity contribution is 5.58. The molecule has 0 unspecified atom stereocenters. The third-order valence-corrected chi connectivity index (χ3v) is 2.64. The van der Waals surface area contributed by atoms with Crippen molar-refractivity contribution in [1.29, 1.82) is 0 Å². The SMILES string of the molecule is NC(=O)[O-].Nc1ccn([C@@H]2O[C@H](CO)[C@@H](O)[C@@H]2O)c(=O)n1. The summed E-state index contributed by atoms with van der Waals surface area (Å²) in [7, 11) is 0. The fourth-order valence-electron chi connectivity index (χ4n) is 1.73. The van der Waals surface area contributed by atoms with E-state index >= 15 is 0 Å². The number of amides is 1. The van der Waals surface area contributed by atoms with E-state index in [2.05, 4.69) is 10.7 Å². The van der Waals surface area contributed by atoms with Crippen LogP contribution in [0.5, 0.6) is 0 Å². The second kappa shape index (κ2) is 6.99. The van der Waals surface area contributed by atoms with Crippen molar-refractivity contribution in [1.82, 2.24) is 9.55 Å². The largest absolute Gasteiger partial charge is 0.530 e. The number of carbonyl (C=O) groups is 1. The van der Waals surface area contributed by atoms with E-state index in [1.807, 2.05) is 0 Å². The van der Waals surface area contributed by atoms with Gasteiger partial charge in [-0.1, -0.05) is 0 Å². The molecule has 0 aromatic carbocycles. The van der Waals surface area contributed by atoms with Gasteiger partial charge in [-0.3, -0.25) is 4.57 Å². The average Bonchev–Trinajstić information content (AvgIpc) is 2.66. The number of aliphatic hydroxyl groups is 3. The first-order valence-electron chi connectivity index (χ1n) is 5.71. The molecule has 11 nitrogen and oxygen atoms in total. The molecule has 0 spiro atoms. The minimum Gasteiger partial charge on any atom is -0.530 e. The minimum absolute atomic E-state index is 0.0537. The quantitative estimate of drug-likeness (QED) is 0.359. The van der Waals surface area contributed by atoms with Crippen molar-refractivity contribution in [3.8, 4) is 0 Å². The summed E-state index contributed by atoms with van der Waals surface area (Å²) in [5, 5.41) is 36.8. The zero-order valence-electron chi connectivity index (χ0n) is 10.7. The van der Waals surface area contributed by atoms with Gasteiger partial charge < -0.3 is 41.4 Å². The Bertz CT molecular complexity index is 544. The van der Waals surface area contributed by atoms with E-state index in [0.29, 0.717) is 0 Å². The van der Waals surface area contributed by atoms with Gasteiger partial charge in [-0.25, -0.2) is 4.79 Å². The number of rotatable bonds is 2. The average molecular weight is 303 g/mol. The number of nitrogens with zero attached hydrogens (tertiary/aromatic N) is 2. The highest BCUT2D eigenvalue weighted by atomic mass is 16.6. The van der Waals surface area contributed by atoms with Crippen molar-refractivity contribution in [2.45, 2.75) is 24.5 Å². The molecule has 1 fully saturated rings. The topological polar surface area (TPSA) is 197 Å². The number of nitrogens with two attached hydrogens (primary N) is 2. The van der Waals surface area contributed by atoms with Gasteiger partial charge in [-0.2, -0.15) is 4.98 Å². The molecule has 0 radical (unpaired) electrons. The molecule has 1 amide bonds. The van der Waals surface area contributed by atoms with Crippen LogP contribution in [0.2, 0.25) is 0 Å². The molecule has 1 aliphatic heterocycles. The molecule has 2 heterocycles. The molecule has 0 saturated carbocycles. The van der Waals surface area contributed by atoms with Gasteiger partial charge >= 0.3 is 5.69 Å². The number of hydrogen-bond acceptors (Lipinski definition) is 9. The fraction of sp³-hybridized carbons (Fsp3) is 0.500. The monoisotopic (exact) mass is 303 g/mol. The molecule has 11 heteroatoms. The van der Waals surface area contributed by atoms with Crippen molar-refractivity contribution in [3.05, 3.63) is 22.7 Å². The maximum absolute atomic E-state index is 11.5. The Hall–Kier alpha value is -2.21. The van der Waals surface area contributed by atoms with E-state index in [1.54, 1.807) is 0 Å². The first-order chi connectivity index (χ1) is 9.77. The van der Waals surface area contributed by atoms with Crippen molar-refractivity contribution in [2.24, 2.45) is 5.73 Å². The van der Waals surface area contributed by atoms with E-state index in [4.69, 9.17) is 25.5 Å². The number of ether oxygens (including phenoxy) is 1. The van der Waals surface area contributed by atoms with Gasteiger partial charge in [0, 0.05) is 6.20 Å². The lowest BCUT2D eigenvalue weighted by Gasteiger charge is -2.16. The Labute approximate surface area is 118 Å². The molecule has 1 aromatic heterocycles. The second-order valence-electron chi connectivity index (χ2n) is 4.09. The van der Waals surface area contributed by atoms with Crippen LogP contribution in [-0.4, -0.2) is 55.9 Å². The maximum Gasteiger partial charge on any atom is 0.351 e. The van der Waals surface area contributed by atoms with Gasteiger partial charge in [-0.15, -0.1) is 0 Å². The van der Waals surface area contributed by atoms with Crippen LogP contribution in [0.25, 0.3) is 0 Å². The maximum atomic E-state index is 11.5. The Morgan fingerprint density at radius 3 is 2.48 bits per heavy atom. The number of anilines is 1. The number of carboxylic acid groups (broad SMARTS) is 1. The molecule has 0 bridgehead atoms. The number of carbonyl (C=O) groups excluding carboxylic acids is 1. The molecule has 2 rings (SSSR count). The fourth-order valence-corrected chi connectivity index (χ4v) is 1.73. The van der Waals surface area contributed by atoms with Crippen LogP contribution >= 0.6 is 0 Å². The lowest BCUT2D eigenvalue weighted by Crippen LogP contribution is -2.36. The molecular weight excluding hydrogens is 288 g/mol. The summed E-state index contributed by atoms with van der Waals surface area (Å²) in [5.41, 5.74) is 8.55. The van der Waals surface area contributed by atoms with Crippen molar-refractivity contribution < 1.29 is 30.0 Å². The van der Waals surface area contributed by atoms with Gasteiger partial charge in [0.1, 0.15) is 30.2 Å². The Kier molecular flexibility index (Phi) is 5.60. The van der Waals surface area contributed by atoms with Crippen LogP contribution in [0.3, 0.4) is 0 Å². The Morgan fingerprint density at radius 1 is 1.48 bits per heavy atom. The van der Waals surface area contributed by atoms with E-state index < -0.39 is 42.9 Å². The summed E-state index contributed by atoms with van der Waals surface area (Å²) < 4.78 is 6.19. The predicted molar refractivity (Wildman–Crippen MR) is 65.5 cm³/mol. The first kappa shape index (κ1) is 16.8. The summed E-state index contributed by atoms with van der Waals surface area (Å²) >= 11 is 0. The van der Waals surface area contributed by atoms with Crippen molar-refractivity contribution in [3.63, 3.8) is 0 Å². The van der Waals surface area contributed by atoms with Gasteiger partial charge in [0.25, 0.3) is 0 Å². The second-order valence-corrected chi connectivity index (χ2v) is 4.09. The van der Waals surface area contributed by atoms with Crippen LogP contribution < -0.4 is 22.3 Å². The van der Waals surface area contributed by atoms with Gasteiger partial charge in [-0.05, 0) is 6.07 Å². The van der Waals surface area contributed by atoms with E-state index in [1.165, 1.54) is 12.3 Å². The van der Waals surface area contributed by atoms with E-state index in [-0.39, 0.29) is 5.82 Å². The lowest BCUT2D eigenvalue weighted by molar-refractivity contribution is -0.245. The number of hydrogen-bond donors (Lipinski definition) is 5. The number of primary amides is 1. The van der Waals surface area contributed by atoms with Crippen LogP contribution in [0.4, 0.5) is 10.6 Å². The van der Waals surface area contributed by atoms with Crippen LogP contribution in [-0.2, 0) is 4.74 Å². The molecule has 118 valence electrons.